The molecule has 0 bridgehead atoms. The molecule has 0 aromatic heterocycles. The van der Waals surface area contributed by atoms with E-state index in [9.17, 15) is 4.79 Å². The van der Waals surface area contributed by atoms with E-state index in [2.05, 4.69) is 0 Å². The number of thiocyanates is 1. The third-order valence-corrected chi connectivity index (χ3v) is 2.48. The van der Waals surface area contributed by atoms with Crippen LogP contribution in [0.1, 0.15) is 10.4 Å². The topological polar surface area (TPSA) is 40.9 Å². The molecule has 0 unspecified atom stereocenters. The number of rotatable bonds is 3. The van der Waals surface area contributed by atoms with Gasteiger partial charge in [0.25, 0.3) is 0 Å². The minimum absolute atomic E-state index is 0.273. The summed E-state index contributed by atoms with van der Waals surface area (Å²) in [5.41, 5.74) is 0.332. The fraction of sp³-hybridized carbons (Fsp3) is 0. The highest BCUT2D eigenvalue weighted by Gasteiger charge is 2.07. The monoisotopic (exact) mass is 257 g/mol. The van der Waals surface area contributed by atoms with E-state index in [0.717, 1.165) is 11.8 Å². The lowest BCUT2D eigenvalue weighted by atomic mass is 10.1. The van der Waals surface area contributed by atoms with Crippen molar-refractivity contribution in [2.24, 2.45) is 0 Å². The highest BCUT2D eigenvalue weighted by Crippen LogP contribution is 2.21. The molecule has 5 heteroatoms. The molecule has 0 saturated heterocycles. The fourth-order valence-electron chi connectivity index (χ4n) is 0.902. The van der Waals surface area contributed by atoms with E-state index in [1.54, 1.807) is 12.1 Å². The van der Waals surface area contributed by atoms with Crippen LogP contribution in [0.5, 0.6) is 0 Å². The fourth-order valence-corrected chi connectivity index (χ4v) is 1.54. The standard InChI is InChI=1S/C10H5Cl2NOS/c11-7-1-2-9(12)8(5-7)10(14)3-4-15-6-13/h1-5H. The van der Waals surface area contributed by atoms with E-state index >= 15 is 0 Å². The molecule has 0 saturated carbocycles. The van der Waals surface area contributed by atoms with Crippen LogP contribution in [0.25, 0.3) is 0 Å². The number of allylic oxidation sites excluding steroid dienone is 1. The zero-order valence-corrected chi connectivity index (χ0v) is 9.73. The molecule has 0 atom stereocenters. The van der Waals surface area contributed by atoms with Gasteiger partial charge in [0.15, 0.2) is 5.78 Å². The van der Waals surface area contributed by atoms with E-state index in [1.807, 2.05) is 5.40 Å². The Balaban J connectivity index is 2.92. The molecule has 0 fully saturated rings. The van der Waals surface area contributed by atoms with Gasteiger partial charge in [0.1, 0.15) is 5.40 Å². The second kappa shape index (κ2) is 5.82. The zero-order chi connectivity index (χ0) is 11.3. The molecule has 0 aliphatic heterocycles. The summed E-state index contributed by atoms with van der Waals surface area (Å²) in [6.45, 7) is 0. The predicted molar refractivity (Wildman–Crippen MR) is 63.1 cm³/mol. The number of nitrogens with zero attached hydrogens (tertiary/aromatic N) is 1. The summed E-state index contributed by atoms with van der Waals surface area (Å²) in [5, 5.41) is 12.3. The second-order valence-electron chi connectivity index (χ2n) is 2.50. The van der Waals surface area contributed by atoms with Gasteiger partial charge in [-0.25, -0.2) is 0 Å². The van der Waals surface area contributed by atoms with Crippen LogP contribution >= 0.6 is 35.0 Å². The molecule has 0 amide bonds. The third-order valence-electron chi connectivity index (χ3n) is 1.53. The van der Waals surface area contributed by atoms with Crippen molar-refractivity contribution < 1.29 is 4.79 Å². The Kier molecular flexibility index (Phi) is 4.70. The largest absolute Gasteiger partial charge is 0.289 e. The normalized spacial score (nSPS) is 10.2. The number of carbonyl (C=O) groups excluding carboxylic acids is 1. The van der Waals surface area contributed by atoms with Crippen molar-refractivity contribution in [3.8, 4) is 5.40 Å². The number of ketones is 1. The number of carbonyl (C=O) groups is 1. The van der Waals surface area contributed by atoms with Crippen molar-refractivity contribution >= 4 is 40.7 Å². The van der Waals surface area contributed by atoms with Crippen molar-refractivity contribution in [1.82, 2.24) is 0 Å². The number of halogens is 2. The highest BCUT2D eigenvalue weighted by atomic mass is 35.5. The first-order valence-electron chi connectivity index (χ1n) is 3.86. The maximum Gasteiger partial charge on any atom is 0.187 e. The Morgan fingerprint density at radius 2 is 2.20 bits per heavy atom. The lowest BCUT2D eigenvalue weighted by Gasteiger charge is -1.99. The van der Waals surface area contributed by atoms with Crippen molar-refractivity contribution in [3.05, 3.63) is 45.3 Å². The summed E-state index contributed by atoms with van der Waals surface area (Å²) in [6.07, 6.45) is 1.28. The molecule has 2 nitrogen and oxygen atoms in total. The van der Waals surface area contributed by atoms with Crippen LogP contribution in [0.2, 0.25) is 10.0 Å². The van der Waals surface area contributed by atoms with Crippen molar-refractivity contribution in [1.29, 1.82) is 5.26 Å². The van der Waals surface area contributed by atoms with Gasteiger partial charge < -0.3 is 0 Å². The molecule has 0 heterocycles. The SMILES string of the molecule is N#CSC=CC(=O)c1cc(Cl)ccc1Cl. The van der Waals surface area contributed by atoms with Gasteiger partial charge in [0.2, 0.25) is 0 Å². The average Bonchev–Trinajstić information content (AvgIpc) is 2.22. The summed E-state index contributed by atoms with van der Waals surface area (Å²) in [7, 11) is 0. The Morgan fingerprint density at radius 1 is 1.47 bits per heavy atom. The highest BCUT2D eigenvalue weighted by molar-refractivity contribution is 8.06. The van der Waals surface area contributed by atoms with Crippen LogP contribution in [-0.4, -0.2) is 5.78 Å². The maximum atomic E-state index is 11.5. The Bertz CT molecular complexity index is 451. The van der Waals surface area contributed by atoms with E-state index in [-0.39, 0.29) is 5.78 Å². The Morgan fingerprint density at radius 3 is 2.87 bits per heavy atom. The van der Waals surface area contributed by atoms with Crippen LogP contribution in [0.15, 0.2) is 29.7 Å². The molecule has 15 heavy (non-hydrogen) atoms. The molecule has 1 aromatic rings. The smallest absolute Gasteiger partial charge is 0.187 e. The molecule has 0 aliphatic rings. The predicted octanol–water partition coefficient (Wildman–Crippen LogP) is 3.90. The average molecular weight is 258 g/mol. The number of nitriles is 1. The van der Waals surface area contributed by atoms with Crippen LogP contribution in [-0.2, 0) is 0 Å². The summed E-state index contributed by atoms with van der Waals surface area (Å²) < 4.78 is 0. The third kappa shape index (κ3) is 3.60. The van der Waals surface area contributed by atoms with Crippen LogP contribution in [0, 0.1) is 10.7 Å². The lowest BCUT2D eigenvalue weighted by Crippen LogP contribution is -1.94. The summed E-state index contributed by atoms with van der Waals surface area (Å²) in [6, 6.07) is 4.66. The summed E-state index contributed by atoms with van der Waals surface area (Å²) >= 11 is 12.4. The lowest BCUT2D eigenvalue weighted by molar-refractivity contribution is 0.104. The number of benzene rings is 1. The van der Waals surface area contributed by atoms with Crippen molar-refractivity contribution in [2.45, 2.75) is 0 Å². The van der Waals surface area contributed by atoms with Gasteiger partial charge in [-0.15, -0.1) is 0 Å². The molecule has 1 rings (SSSR count). The molecular formula is C10H5Cl2NOS. The quantitative estimate of drug-likeness (QED) is 0.469. The number of hydrogen-bond donors (Lipinski definition) is 0. The van der Waals surface area contributed by atoms with Gasteiger partial charge in [-0.3, -0.25) is 4.79 Å². The molecule has 0 aliphatic carbocycles. The Hall–Kier alpha value is -0.950. The number of thioether (sulfide) groups is 1. The van der Waals surface area contributed by atoms with Gasteiger partial charge >= 0.3 is 0 Å². The first-order valence-corrected chi connectivity index (χ1v) is 5.49. The minimum atomic E-state index is -0.273. The Labute approximate surface area is 101 Å². The van der Waals surface area contributed by atoms with Crippen molar-refractivity contribution in [2.75, 3.05) is 0 Å². The molecule has 76 valence electrons. The van der Waals surface area contributed by atoms with Crippen molar-refractivity contribution in [3.63, 3.8) is 0 Å². The molecule has 0 N–H and O–H groups in total. The zero-order valence-electron chi connectivity index (χ0n) is 7.41. The first kappa shape index (κ1) is 12.1. The first-order chi connectivity index (χ1) is 7.15. The van der Waals surface area contributed by atoms with E-state index in [0.29, 0.717) is 15.6 Å². The molecule has 1 aromatic carbocycles. The van der Waals surface area contributed by atoms with Gasteiger partial charge in [0, 0.05) is 10.6 Å². The van der Waals surface area contributed by atoms with Crippen LogP contribution in [0.4, 0.5) is 0 Å². The summed E-state index contributed by atoms with van der Waals surface area (Å²) in [4.78, 5) is 11.5. The van der Waals surface area contributed by atoms with Gasteiger partial charge in [-0.05, 0) is 41.4 Å². The van der Waals surface area contributed by atoms with Gasteiger partial charge in [0.05, 0.1) is 5.02 Å². The van der Waals surface area contributed by atoms with Gasteiger partial charge in [-0.1, -0.05) is 23.2 Å². The molecule has 0 radical (unpaired) electrons. The van der Waals surface area contributed by atoms with E-state index in [1.165, 1.54) is 17.6 Å². The maximum absolute atomic E-state index is 11.5. The second-order valence-corrected chi connectivity index (χ2v) is 4.03. The van der Waals surface area contributed by atoms with Gasteiger partial charge in [-0.2, -0.15) is 5.26 Å². The van der Waals surface area contributed by atoms with Crippen LogP contribution < -0.4 is 0 Å². The van der Waals surface area contributed by atoms with E-state index in [4.69, 9.17) is 28.5 Å². The molecular weight excluding hydrogens is 253 g/mol. The minimum Gasteiger partial charge on any atom is -0.289 e. The molecule has 0 spiro atoms. The summed E-state index contributed by atoms with van der Waals surface area (Å²) in [5.74, 6) is -0.273. The van der Waals surface area contributed by atoms with Crippen LogP contribution in [0.3, 0.4) is 0 Å². The van der Waals surface area contributed by atoms with E-state index < -0.39 is 0 Å². The number of hydrogen-bond acceptors (Lipinski definition) is 3.